The molecule has 0 radical (unpaired) electrons. The first-order chi connectivity index (χ1) is 14.6. The molecule has 0 saturated heterocycles. The number of aryl methyl sites for hydroxylation is 1. The monoisotopic (exact) mass is 449 g/mol. The largest absolute Gasteiger partial charge is 0.508 e. The maximum atomic E-state index is 11.7. The van der Waals surface area contributed by atoms with Crippen LogP contribution in [0.5, 0.6) is 11.5 Å². The molecule has 9 nitrogen and oxygen atoms in total. The fraction of sp³-hybridized carbons (Fsp3) is 0.286. The van der Waals surface area contributed by atoms with E-state index in [1.54, 1.807) is 36.4 Å². The van der Waals surface area contributed by atoms with E-state index in [0.29, 0.717) is 17.7 Å². The van der Waals surface area contributed by atoms with Crippen LogP contribution in [0.1, 0.15) is 30.1 Å². The zero-order valence-corrected chi connectivity index (χ0v) is 17.6. The Balaban J connectivity index is 1.91. The van der Waals surface area contributed by atoms with E-state index in [-0.39, 0.29) is 31.3 Å². The third kappa shape index (κ3) is 8.67. The number of phenols is 1. The highest BCUT2D eigenvalue weighted by Gasteiger charge is 2.21. The van der Waals surface area contributed by atoms with Crippen molar-refractivity contribution in [2.75, 3.05) is 6.73 Å². The molecule has 0 heterocycles. The average Bonchev–Trinajstić information content (AvgIpc) is 2.70. The molecule has 0 saturated carbocycles. The lowest BCUT2D eigenvalue weighted by Gasteiger charge is -2.13. The van der Waals surface area contributed by atoms with E-state index in [1.165, 1.54) is 24.3 Å². The molecule has 2 aromatic carbocycles. The fourth-order valence-electron chi connectivity index (χ4n) is 2.79. The summed E-state index contributed by atoms with van der Waals surface area (Å²) in [5, 5.41) is 18.4. The summed E-state index contributed by atoms with van der Waals surface area (Å²) < 4.78 is 38.4. The van der Waals surface area contributed by atoms with Gasteiger partial charge in [0.1, 0.15) is 11.5 Å². The third-order valence-corrected chi connectivity index (χ3v) is 5.80. The van der Waals surface area contributed by atoms with Crippen LogP contribution in [-0.4, -0.2) is 41.1 Å². The number of benzene rings is 2. The molecule has 0 aliphatic heterocycles. The number of rotatable bonds is 11. The van der Waals surface area contributed by atoms with Crippen molar-refractivity contribution in [3.8, 4) is 11.5 Å². The van der Waals surface area contributed by atoms with E-state index in [9.17, 15) is 23.2 Å². The van der Waals surface area contributed by atoms with Gasteiger partial charge >= 0.3 is 0 Å². The van der Waals surface area contributed by atoms with Crippen LogP contribution in [0.15, 0.2) is 65.7 Å². The zero-order valence-electron chi connectivity index (χ0n) is 16.8. The number of hydrogen-bond acceptors (Lipinski definition) is 6. The topological polar surface area (TPSA) is 168 Å². The zero-order chi connectivity index (χ0) is 22.9. The summed E-state index contributed by atoms with van der Waals surface area (Å²) >= 11 is 0. The van der Waals surface area contributed by atoms with Crippen molar-refractivity contribution < 1.29 is 27.9 Å². The number of guanidine groups is 1. The Labute approximate surface area is 181 Å². The Kier molecular flexibility index (Phi) is 8.86. The Morgan fingerprint density at radius 3 is 2.32 bits per heavy atom. The van der Waals surface area contributed by atoms with Crippen LogP contribution in [0.3, 0.4) is 0 Å². The highest BCUT2D eigenvalue weighted by molar-refractivity contribution is 7.86. The summed E-state index contributed by atoms with van der Waals surface area (Å²) in [7, 11) is -4.26. The lowest BCUT2D eigenvalue weighted by Crippen LogP contribution is -2.23. The first-order valence-electron chi connectivity index (χ1n) is 9.52. The fourth-order valence-corrected chi connectivity index (χ4v) is 3.56. The summed E-state index contributed by atoms with van der Waals surface area (Å²) in [5.74, 6) is 0.573. The molecule has 2 atom stereocenters. The molecular formula is C21H27N3O6S. The molecule has 10 heteroatoms. The summed E-state index contributed by atoms with van der Waals surface area (Å²) in [6, 6.07) is 13.0. The number of aromatic hydroxyl groups is 1. The molecule has 0 spiro atoms. The molecule has 0 aliphatic rings. The maximum Gasteiger partial charge on any atom is 0.268 e. The first kappa shape index (κ1) is 24.2. The lowest BCUT2D eigenvalue weighted by molar-refractivity contribution is 0.228. The number of aliphatic hydroxyl groups is 1. The van der Waals surface area contributed by atoms with Crippen molar-refractivity contribution in [2.24, 2.45) is 16.5 Å². The molecule has 31 heavy (non-hydrogen) atoms. The van der Waals surface area contributed by atoms with E-state index in [2.05, 4.69) is 4.99 Å². The lowest BCUT2D eigenvalue weighted by atomic mass is 10.1. The minimum absolute atomic E-state index is 0.00512. The van der Waals surface area contributed by atoms with Gasteiger partial charge in [0.05, 0.1) is 11.4 Å². The molecule has 0 aromatic heterocycles. The van der Waals surface area contributed by atoms with Crippen LogP contribution in [-0.2, 0) is 16.5 Å². The molecule has 0 bridgehead atoms. The number of hydrogen-bond donors (Lipinski definition) is 5. The Bertz CT molecular complexity index is 985. The SMILES string of the molecule is NC(N)=NCOc1ccc(CC[C@H](CC=C[C@@H](O)c2ccc(O)cc2)S(=O)(=O)O)cc1. The molecule has 2 rings (SSSR count). The molecular weight excluding hydrogens is 422 g/mol. The van der Waals surface area contributed by atoms with Crippen molar-refractivity contribution in [2.45, 2.75) is 30.6 Å². The smallest absolute Gasteiger partial charge is 0.268 e. The van der Waals surface area contributed by atoms with Crippen LogP contribution >= 0.6 is 0 Å². The van der Waals surface area contributed by atoms with Gasteiger partial charge in [-0.1, -0.05) is 36.4 Å². The molecule has 2 aromatic rings. The van der Waals surface area contributed by atoms with Gasteiger partial charge in [-0.15, -0.1) is 0 Å². The number of aliphatic hydroxyl groups excluding tert-OH is 1. The van der Waals surface area contributed by atoms with E-state index >= 15 is 0 Å². The highest BCUT2D eigenvalue weighted by atomic mass is 32.2. The molecule has 7 N–H and O–H groups in total. The Morgan fingerprint density at radius 2 is 1.74 bits per heavy atom. The number of allylic oxidation sites excluding steroid dienone is 1. The summed E-state index contributed by atoms with van der Waals surface area (Å²) in [4.78, 5) is 3.71. The van der Waals surface area contributed by atoms with Crippen molar-refractivity contribution in [1.29, 1.82) is 0 Å². The number of nitrogens with two attached hydrogens (primary N) is 2. The molecule has 0 fully saturated rings. The average molecular weight is 450 g/mol. The quantitative estimate of drug-likeness (QED) is 0.150. The van der Waals surface area contributed by atoms with Gasteiger partial charge < -0.3 is 26.4 Å². The van der Waals surface area contributed by atoms with Gasteiger partial charge in [-0.25, -0.2) is 4.99 Å². The summed E-state index contributed by atoms with van der Waals surface area (Å²) in [6.45, 7) is -0.00512. The van der Waals surface area contributed by atoms with E-state index in [4.69, 9.17) is 16.2 Å². The van der Waals surface area contributed by atoms with Gasteiger partial charge in [-0.3, -0.25) is 4.55 Å². The standard InChI is InChI=1S/C21H27N3O6S/c22-21(23)24-14-30-18-11-4-15(5-12-18)6-13-19(31(27,28)29)2-1-3-20(26)16-7-9-17(25)10-8-16/h1,3-5,7-12,19-20,25-26H,2,6,13-14H2,(H4,22,23,24)(H,27,28,29)/t19-,20+/m0/s1. The number of ether oxygens (including phenoxy) is 1. The van der Waals surface area contributed by atoms with Gasteiger partial charge in [0.15, 0.2) is 12.7 Å². The van der Waals surface area contributed by atoms with Crippen molar-refractivity contribution in [3.05, 3.63) is 71.8 Å². The molecule has 0 aliphatic carbocycles. The second-order valence-electron chi connectivity index (χ2n) is 6.88. The second kappa shape index (κ2) is 11.3. The summed E-state index contributed by atoms with van der Waals surface area (Å²) in [5.41, 5.74) is 11.9. The van der Waals surface area contributed by atoms with Gasteiger partial charge in [-0.05, 0) is 54.7 Å². The second-order valence-corrected chi connectivity index (χ2v) is 8.57. The van der Waals surface area contributed by atoms with Crippen LogP contribution in [0.25, 0.3) is 0 Å². The molecule has 0 amide bonds. The molecule has 168 valence electrons. The van der Waals surface area contributed by atoms with Crippen molar-refractivity contribution >= 4 is 16.1 Å². The van der Waals surface area contributed by atoms with Crippen LogP contribution in [0.4, 0.5) is 0 Å². The predicted molar refractivity (Wildman–Crippen MR) is 118 cm³/mol. The minimum Gasteiger partial charge on any atom is -0.508 e. The van der Waals surface area contributed by atoms with E-state index in [0.717, 1.165) is 5.56 Å². The van der Waals surface area contributed by atoms with Gasteiger partial charge in [0.2, 0.25) is 0 Å². The maximum absolute atomic E-state index is 11.7. The van der Waals surface area contributed by atoms with Gasteiger partial charge in [-0.2, -0.15) is 8.42 Å². The third-order valence-electron chi connectivity index (χ3n) is 4.53. The number of nitrogens with zero attached hydrogens (tertiary/aromatic N) is 1. The number of aliphatic imine (C=N–C) groups is 1. The Morgan fingerprint density at radius 1 is 1.10 bits per heavy atom. The van der Waals surface area contributed by atoms with E-state index < -0.39 is 21.5 Å². The highest BCUT2D eigenvalue weighted by Crippen LogP contribution is 2.20. The van der Waals surface area contributed by atoms with Gasteiger partial charge in [0, 0.05) is 0 Å². The van der Waals surface area contributed by atoms with Crippen LogP contribution < -0.4 is 16.2 Å². The van der Waals surface area contributed by atoms with Crippen molar-refractivity contribution in [1.82, 2.24) is 0 Å². The van der Waals surface area contributed by atoms with Crippen molar-refractivity contribution in [3.63, 3.8) is 0 Å². The predicted octanol–water partition coefficient (Wildman–Crippen LogP) is 1.87. The van der Waals surface area contributed by atoms with Crippen LogP contribution in [0.2, 0.25) is 0 Å². The number of phenolic OH excluding ortho intramolecular Hbond substituents is 1. The minimum atomic E-state index is -4.26. The summed E-state index contributed by atoms with van der Waals surface area (Å²) in [6.07, 6.45) is 2.70. The van der Waals surface area contributed by atoms with E-state index in [1.807, 2.05) is 0 Å². The normalized spacial score (nSPS) is 13.6. The van der Waals surface area contributed by atoms with Gasteiger partial charge in [0.25, 0.3) is 10.1 Å². The molecule has 0 unspecified atom stereocenters. The van der Waals surface area contributed by atoms with Crippen LogP contribution in [0, 0.1) is 0 Å². The Hall–Kier alpha value is -3.08. The first-order valence-corrected chi connectivity index (χ1v) is 11.0.